The summed E-state index contributed by atoms with van der Waals surface area (Å²) in [6, 6.07) is 1.28. The molecule has 0 aromatic carbocycles. The van der Waals surface area contributed by atoms with Gasteiger partial charge in [-0.1, -0.05) is 0 Å². The van der Waals surface area contributed by atoms with Gasteiger partial charge in [-0.25, -0.2) is 0 Å². The van der Waals surface area contributed by atoms with Crippen molar-refractivity contribution in [2.75, 3.05) is 40.9 Å². The molecule has 15 heavy (non-hydrogen) atoms. The molecule has 0 bridgehead atoms. The summed E-state index contributed by atoms with van der Waals surface area (Å²) in [5.41, 5.74) is 0. The standard InChI is InChI=1S/C8H20NO.C2N3/c1-5-10-8-6-7-9(2,3)4;3-1-5-2-4/h5-8H2,1-4H3;/q+1;-1. The molecule has 0 saturated heterocycles. The van der Waals surface area contributed by atoms with Gasteiger partial charge in [-0.3, -0.25) is 0 Å². The highest BCUT2D eigenvalue weighted by Crippen LogP contribution is 1.93. The summed E-state index contributed by atoms with van der Waals surface area (Å²) in [5, 5.41) is 14.9. The minimum atomic E-state index is 0.844. The van der Waals surface area contributed by atoms with E-state index in [0.717, 1.165) is 24.1 Å². The first-order valence-corrected chi connectivity index (χ1v) is 4.84. The lowest BCUT2D eigenvalue weighted by Gasteiger charge is -2.23. The van der Waals surface area contributed by atoms with E-state index in [1.165, 1.54) is 18.7 Å². The molecule has 0 aliphatic heterocycles. The largest absolute Gasteiger partial charge is 0.422 e. The monoisotopic (exact) mass is 212 g/mol. The zero-order chi connectivity index (χ0) is 12.2. The molecule has 0 heterocycles. The number of rotatable bonds is 5. The normalized spacial score (nSPS) is 9.27. The molecule has 5 heteroatoms. The minimum Gasteiger partial charge on any atom is -0.422 e. The Hall–Kier alpha value is -1.21. The zero-order valence-electron chi connectivity index (χ0n) is 10.0. The van der Waals surface area contributed by atoms with Crippen molar-refractivity contribution in [2.24, 2.45) is 4.99 Å². The van der Waals surface area contributed by atoms with E-state index in [9.17, 15) is 0 Å². The van der Waals surface area contributed by atoms with Gasteiger partial charge in [0.1, 0.15) is 0 Å². The third kappa shape index (κ3) is 24.5. The van der Waals surface area contributed by atoms with Crippen LogP contribution >= 0.6 is 0 Å². The van der Waals surface area contributed by atoms with Gasteiger partial charge in [-0.05, 0) is 6.92 Å². The van der Waals surface area contributed by atoms with Crippen molar-refractivity contribution in [3.8, 4) is 6.19 Å². The molecule has 0 spiro atoms. The van der Waals surface area contributed by atoms with Crippen molar-refractivity contribution in [2.45, 2.75) is 13.3 Å². The SMILES string of the molecule is CCOCCC[N+](C)(C)C.N#CN=C=[N-]. The number of aliphatic imine (C=N–C) groups is 1. The molecule has 0 aromatic rings. The molecule has 0 aromatic heterocycles. The molecule has 0 rings (SSSR count). The second-order valence-corrected chi connectivity index (χ2v) is 3.88. The number of nitriles is 1. The summed E-state index contributed by atoms with van der Waals surface area (Å²) in [7, 11) is 6.60. The van der Waals surface area contributed by atoms with Crippen molar-refractivity contribution < 1.29 is 9.22 Å². The highest BCUT2D eigenvalue weighted by atomic mass is 16.5. The van der Waals surface area contributed by atoms with Crippen LogP contribution in [-0.4, -0.2) is 51.4 Å². The van der Waals surface area contributed by atoms with E-state index in [0.29, 0.717) is 0 Å². The van der Waals surface area contributed by atoms with Crippen LogP contribution in [0.2, 0.25) is 0 Å². The Balaban J connectivity index is 0. The molecular formula is C10H20N4O. The van der Waals surface area contributed by atoms with E-state index < -0.39 is 0 Å². The molecule has 0 amide bonds. The van der Waals surface area contributed by atoms with E-state index in [4.69, 9.17) is 15.4 Å². The summed E-state index contributed by atoms with van der Waals surface area (Å²) in [5.74, 6) is 0. The fraction of sp³-hybridized carbons (Fsp3) is 0.800. The average Bonchev–Trinajstić information content (AvgIpc) is 2.13. The molecule has 5 nitrogen and oxygen atoms in total. The second-order valence-electron chi connectivity index (χ2n) is 3.88. The molecule has 0 unspecified atom stereocenters. The molecule has 86 valence electrons. The summed E-state index contributed by atoms with van der Waals surface area (Å²) in [6.07, 6.45) is 2.45. The Labute approximate surface area is 92.1 Å². The highest BCUT2D eigenvalue weighted by molar-refractivity contribution is 5.46. The van der Waals surface area contributed by atoms with E-state index in [1.807, 2.05) is 6.92 Å². The van der Waals surface area contributed by atoms with Crippen molar-refractivity contribution in [3.63, 3.8) is 0 Å². The number of hydrogen-bond acceptors (Lipinski definition) is 3. The fourth-order valence-electron chi connectivity index (χ4n) is 0.808. The minimum absolute atomic E-state index is 0.844. The van der Waals surface area contributed by atoms with Crippen LogP contribution in [0.4, 0.5) is 0 Å². The van der Waals surface area contributed by atoms with Gasteiger partial charge in [0.2, 0.25) is 0 Å². The number of hydrogen-bond donors (Lipinski definition) is 0. The first-order valence-electron chi connectivity index (χ1n) is 4.84. The first kappa shape index (κ1) is 16.2. The lowest BCUT2D eigenvalue weighted by molar-refractivity contribution is -0.870. The van der Waals surface area contributed by atoms with E-state index in [2.05, 4.69) is 26.1 Å². The van der Waals surface area contributed by atoms with Crippen LogP contribution in [0.1, 0.15) is 13.3 Å². The van der Waals surface area contributed by atoms with Gasteiger partial charge in [-0.15, -0.1) is 6.01 Å². The maximum Gasteiger partial charge on any atom is 0.0925 e. The maximum atomic E-state index is 7.43. The molecular weight excluding hydrogens is 192 g/mol. The highest BCUT2D eigenvalue weighted by Gasteiger charge is 2.04. The van der Waals surface area contributed by atoms with Crippen molar-refractivity contribution >= 4 is 6.01 Å². The third-order valence-corrected chi connectivity index (χ3v) is 1.42. The Morgan fingerprint density at radius 1 is 1.40 bits per heavy atom. The average molecular weight is 212 g/mol. The lowest BCUT2D eigenvalue weighted by atomic mass is 10.4. The molecule has 0 aliphatic rings. The zero-order valence-corrected chi connectivity index (χ0v) is 10.0. The second kappa shape index (κ2) is 10.9. The van der Waals surface area contributed by atoms with E-state index in [1.54, 1.807) is 0 Å². The van der Waals surface area contributed by atoms with Crippen molar-refractivity contribution in [3.05, 3.63) is 5.41 Å². The van der Waals surface area contributed by atoms with Crippen molar-refractivity contribution in [1.82, 2.24) is 0 Å². The quantitative estimate of drug-likeness (QED) is 0.298. The van der Waals surface area contributed by atoms with Crippen LogP contribution in [0, 0.1) is 11.5 Å². The van der Waals surface area contributed by atoms with Gasteiger partial charge in [0.05, 0.1) is 40.5 Å². The summed E-state index contributed by atoms with van der Waals surface area (Å²) in [6.45, 7) is 4.98. The molecule has 0 N–H and O–H groups in total. The predicted molar refractivity (Wildman–Crippen MR) is 60.4 cm³/mol. The van der Waals surface area contributed by atoms with E-state index in [-0.39, 0.29) is 0 Å². The van der Waals surface area contributed by atoms with Gasteiger partial charge in [0.25, 0.3) is 0 Å². The van der Waals surface area contributed by atoms with Gasteiger partial charge >= 0.3 is 0 Å². The predicted octanol–water partition coefficient (Wildman–Crippen LogP) is 1.33. The Bertz CT molecular complexity index is 221. The number of nitrogens with zero attached hydrogens (tertiary/aromatic N) is 4. The molecule has 0 saturated carbocycles. The maximum absolute atomic E-state index is 7.43. The number of quaternary nitrogens is 1. The summed E-state index contributed by atoms with van der Waals surface area (Å²) in [4.78, 5) is 2.58. The van der Waals surface area contributed by atoms with Gasteiger partial charge in [0, 0.05) is 13.0 Å². The van der Waals surface area contributed by atoms with Gasteiger partial charge in [0.15, 0.2) is 0 Å². The Kier molecular flexibility index (Phi) is 11.8. The lowest BCUT2D eigenvalue weighted by Crippen LogP contribution is -2.35. The van der Waals surface area contributed by atoms with Crippen LogP contribution in [0.3, 0.4) is 0 Å². The molecule has 0 atom stereocenters. The van der Waals surface area contributed by atoms with Crippen LogP contribution in [-0.2, 0) is 4.74 Å². The molecule has 0 radical (unpaired) electrons. The van der Waals surface area contributed by atoms with E-state index >= 15 is 0 Å². The summed E-state index contributed by atoms with van der Waals surface area (Å²) < 4.78 is 6.25. The molecule has 0 aliphatic carbocycles. The fourth-order valence-corrected chi connectivity index (χ4v) is 0.808. The van der Waals surface area contributed by atoms with Crippen molar-refractivity contribution in [1.29, 1.82) is 5.26 Å². The van der Waals surface area contributed by atoms with Crippen LogP contribution < -0.4 is 0 Å². The summed E-state index contributed by atoms with van der Waals surface area (Å²) >= 11 is 0. The molecule has 0 fully saturated rings. The number of ether oxygens (including phenoxy) is 1. The van der Waals surface area contributed by atoms with Crippen LogP contribution in [0.25, 0.3) is 5.41 Å². The smallest absolute Gasteiger partial charge is 0.0925 e. The third-order valence-electron chi connectivity index (χ3n) is 1.42. The first-order chi connectivity index (χ1) is 6.97. The van der Waals surface area contributed by atoms with Crippen LogP contribution in [0.5, 0.6) is 0 Å². The topological polar surface area (TPSA) is 67.7 Å². The van der Waals surface area contributed by atoms with Crippen LogP contribution in [0.15, 0.2) is 4.99 Å². The Morgan fingerprint density at radius 3 is 2.27 bits per heavy atom. The Morgan fingerprint density at radius 2 is 2.00 bits per heavy atom. The van der Waals surface area contributed by atoms with Gasteiger partial charge < -0.3 is 19.6 Å². The van der Waals surface area contributed by atoms with Gasteiger partial charge in [-0.2, -0.15) is 5.26 Å².